The van der Waals surface area contributed by atoms with Crippen molar-refractivity contribution in [3.63, 3.8) is 0 Å². The average Bonchev–Trinajstić information content (AvgIpc) is 2.53. The fourth-order valence-corrected chi connectivity index (χ4v) is 2.58. The van der Waals surface area contributed by atoms with Crippen molar-refractivity contribution < 1.29 is 9.53 Å². The van der Waals surface area contributed by atoms with Crippen LogP contribution in [-0.2, 0) is 10.2 Å². The minimum Gasteiger partial charge on any atom is -0.483 e. The largest absolute Gasteiger partial charge is 0.483 e. The summed E-state index contributed by atoms with van der Waals surface area (Å²) in [5.41, 5.74) is 3.37. The Morgan fingerprint density at radius 1 is 1.08 bits per heavy atom. The lowest BCUT2D eigenvalue weighted by Gasteiger charge is -2.22. The van der Waals surface area contributed by atoms with E-state index in [1.165, 1.54) is 5.56 Å². The van der Waals surface area contributed by atoms with Gasteiger partial charge in [-0.15, -0.1) is 0 Å². The van der Waals surface area contributed by atoms with E-state index in [0.29, 0.717) is 0 Å². The van der Waals surface area contributed by atoms with Crippen molar-refractivity contribution in [3.8, 4) is 5.75 Å². The number of para-hydroxylation sites is 1. The van der Waals surface area contributed by atoms with Crippen molar-refractivity contribution >= 4 is 5.91 Å². The second-order valence-corrected chi connectivity index (χ2v) is 7.23. The highest BCUT2D eigenvalue weighted by molar-refractivity contribution is 5.78. The van der Waals surface area contributed by atoms with Crippen molar-refractivity contribution in [1.82, 2.24) is 5.32 Å². The summed E-state index contributed by atoms with van der Waals surface area (Å²) in [6.07, 6.45) is 0. The molecule has 2 aromatic rings. The van der Waals surface area contributed by atoms with Gasteiger partial charge < -0.3 is 10.1 Å². The van der Waals surface area contributed by atoms with Gasteiger partial charge in [0.2, 0.25) is 0 Å². The second kappa shape index (κ2) is 7.52. The van der Waals surface area contributed by atoms with Crippen LogP contribution in [0.5, 0.6) is 5.75 Å². The Labute approximate surface area is 145 Å². The van der Waals surface area contributed by atoms with Crippen LogP contribution >= 0.6 is 0 Å². The van der Waals surface area contributed by atoms with E-state index in [-0.39, 0.29) is 24.0 Å². The fraction of sp³-hybridized carbons (Fsp3) is 0.381. The van der Waals surface area contributed by atoms with Gasteiger partial charge in [0.25, 0.3) is 5.91 Å². The summed E-state index contributed by atoms with van der Waals surface area (Å²) in [6, 6.07) is 16.0. The zero-order valence-corrected chi connectivity index (χ0v) is 15.2. The molecule has 0 aliphatic rings. The molecule has 0 spiro atoms. The van der Waals surface area contributed by atoms with Crippen molar-refractivity contribution in [2.24, 2.45) is 0 Å². The number of hydrogen-bond donors (Lipinski definition) is 1. The van der Waals surface area contributed by atoms with E-state index >= 15 is 0 Å². The lowest BCUT2D eigenvalue weighted by molar-refractivity contribution is -0.123. The first kappa shape index (κ1) is 18.1. The molecule has 0 saturated heterocycles. The summed E-state index contributed by atoms with van der Waals surface area (Å²) >= 11 is 0. The molecule has 0 fully saturated rings. The molecule has 0 bridgehead atoms. The summed E-state index contributed by atoms with van der Waals surface area (Å²) in [5.74, 6) is 0.648. The number of carbonyl (C=O) groups excluding carboxylic acids is 1. The van der Waals surface area contributed by atoms with E-state index in [0.717, 1.165) is 16.9 Å². The Kier molecular flexibility index (Phi) is 5.66. The smallest absolute Gasteiger partial charge is 0.258 e. The molecule has 128 valence electrons. The molecule has 3 heteroatoms. The van der Waals surface area contributed by atoms with Gasteiger partial charge in [-0.05, 0) is 36.5 Å². The van der Waals surface area contributed by atoms with Crippen LogP contribution in [0.3, 0.4) is 0 Å². The van der Waals surface area contributed by atoms with Crippen LogP contribution in [0.1, 0.15) is 50.4 Å². The van der Waals surface area contributed by atoms with Gasteiger partial charge in [0.05, 0.1) is 6.04 Å². The van der Waals surface area contributed by atoms with E-state index in [9.17, 15) is 4.79 Å². The summed E-state index contributed by atoms with van der Waals surface area (Å²) < 4.78 is 5.77. The maximum atomic E-state index is 12.2. The molecule has 0 saturated carbocycles. The summed E-state index contributed by atoms with van der Waals surface area (Å²) in [6.45, 7) is 10.4. The van der Waals surface area contributed by atoms with Gasteiger partial charge in [-0.25, -0.2) is 0 Å². The molecule has 24 heavy (non-hydrogen) atoms. The normalized spacial score (nSPS) is 12.5. The van der Waals surface area contributed by atoms with Gasteiger partial charge >= 0.3 is 0 Å². The minimum absolute atomic E-state index is 0.0172. The molecule has 3 nitrogen and oxygen atoms in total. The molecule has 1 unspecified atom stereocenters. The van der Waals surface area contributed by atoms with Crippen molar-refractivity contribution in [2.75, 3.05) is 6.61 Å². The number of hydrogen-bond acceptors (Lipinski definition) is 2. The van der Waals surface area contributed by atoms with Gasteiger partial charge in [-0.2, -0.15) is 0 Å². The molecule has 0 radical (unpaired) electrons. The van der Waals surface area contributed by atoms with Gasteiger partial charge in [-0.3, -0.25) is 4.79 Å². The highest BCUT2D eigenvalue weighted by Gasteiger charge is 2.19. The highest BCUT2D eigenvalue weighted by atomic mass is 16.5. The second-order valence-electron chi connectivity index (χ2n) is 7.23. The number of benzene rings is 2. The molecule has 0 aliphatic heterocycles. The first-order chi connectivity index (χ1) is 11.3. The maximum absolute atomic E-state index is 12.2. The third kappa shape index (κ3) is 4.85. The quantitative estimate of drug-likeness (QED) is 0.876. The third-order valence-corrected chi connectivity index (χ3v) is 4.01. The molecule has 1 amide bonds. The number of rotatable bonds is 5. The van der Waals surface area contributed by atoms with Crippen LogP contribution < -0.4 is 10.1 Å². The van der Waals surface area contributed by atoms with E-state index in [2.05, 4.69) is 26.1 Å². The minimum atomic E-state index is -0.119. The van der Waals surface area contributed by atoms with E-state index < -0.39 is 0 Å². The molecule has 0 aromatic heterocycles. The Morgan fingerprint density at radius 2 is 1.71 bits per heavy atom. The Morgan fingerprint density at radius 3 is 2.33 bits per heavy atom. The molecular formula is C21H27NO2. The summed E-state index contributed by atoms with van der Waals surface area (Å²) in [4.78, 5) is 12.2. The zero-order valence-electron chi connectivity index (χ0n) is 15.2. The van der Waals surface area contributed by atoms with Crippen LogP contribution in [-0.4, -0.2) is 12.5 Å². The van der Waals surface area contributed by atoms with Crippen molar-refractivity contribution in [1.29, 1.82) is 0 Å². The van der Waals surface area contributed by atoms with E-state index in [4.69, 9.17) is 4.74 Å². The predicted molar refractivity (Wildman–Crippen MR) is 98.4 cm³/mol. The molecule has 1 N–H and O–H groups in total. The van der Waals surface area contributed by atoms with Crippen LogP contribution in [0.2, 0.25) is 0 Å². The van der Waals surface area contributed by atoms with E-state index in [1.807, 2.05) is 62.4 Å². The summed E-state index contributed by atoms with van der Waals surface area (Å²) in [7, 11) is 0. The van der Waals surface area contributed by atoms with Gasteiger partial charge in [0, 0.05) is 0 Å². The molecule has 0 aliphatic carbocycles. The number of ether oxygens (including phenoxy) is 1. The van der Waals surface area contributed by atoms with Crippen molar-refractivity contribution in [2.45, 2.75) is 46.1 Å². The molecule has 2 rings (SSSR count). The number of aryl methyl sites for hydroxylation is 1. The van der Waals surface area contributed by atoms with Gasteiger partial charge in [0.15, 0.2) is 6.61 Å². The molecule has 0 heterocycles. The monoisotopic (exact) mass is 325 g/mol. The van der Waals surface area contributed by atoms with Crippen LogP contribution in [0, 0.1) is 6.92 Å². The Hall–Kier alpha value is -2.29. The third-order valence-electron chi connectivity index (χ3n) is 4.01. The fourth-order valence-electron chi connectivity index (χ4n) is 2.58. The molecule has 2 aromatic carbocycles. The lowest BCUT2D eigenvalue weighted by atomic mass is 9.86. The Balaban J connectivity index is 1.95. The van der Waals surface area contributed by atoms with Crippen LogP contribution in [0.25, 0.3) is 0 Å². The number of carbonyl (C=O) groups is 1. The SMILES string of the molecule is Cc1ccc(C(C)NC(=O)COc2ccccc2C(C)(C)C)cc1. The number of nitrogens with one attached hydrogen (secondary N) is 1. The van der Waals surface area contributed by atoms with Crippen LogP contribution in [0.15, 0.2) is 48.5 Å². The first-order valence-corrected chi connectivity index (χ1v) is 8.35. The number of amides is 1. The standard InChI is InChI=1S/C21H27NO2/c1-15-10-12-17(13-11-15)16(2)22-20(23)14-24-19-9-7-6-8-18(19)21(3,4)5/h6-13,16H,14H2,1-5H3,(H,22,23). The zero-order chi connectivity index (χ0) is 17.7. The maximum Gasteiger partial charge on any atom is 0.258 e. The van der Waals surface area contributed by atoms with Gasteiger partial charge in [-0.1, -0.05) is 68.8 Å². The lowest BCUT2D eigenvalue weighted by Crippen LogP contribution is -2.31. The Bertz CT molecular complexity index is 684. The highest BCUT2D eigenvalue weighted by Crippen LogP contribution is 2.30. The van der Waals surface area contributed by atoms with Crippen LogP contribution in [0.4, 0.5) is 0 Å². The first-order valence-electron chi connectivity index (χ1n) is 8.35. The summed E-state index contributed by atoms with van der Waals surface area (Å²) in [5, 5.41) is 2.98. The van der Waals surface area contributed by atoms with Gasteiger partial charge in [0.1, 0.15) is 5.75 Å². The predicted octanol–water partition coefficient (Wildman–Crippen LogP) is 4.55. The molecule has 1 atom stereocenters. The van der Waals surface area contributed by atoms with Crippen molar-refractivity contribution in [3.05, 3.63) is 65.2 Å². The average molecular weight is 325 g/mol. The van der Waals surface area contributed by atoms with E-state index in [1.54, 1.807) is 0 Å². The topological polar surface area (TPSA) is 38.3 Å². The molecular weight excluding hydrogens is 298 g/mol.